The van der Waals surface area contributed by atoms with Crippen molar-refractivity contribution in [1.82, 2.24) is 0 Å². The van der Waals surface area contributed by atoms with Gasteiger partial charge >= 0.3 is 0 Å². The number of carbonyl (C=O) groups excluding carboxylic acids is 2. The van der Waals surface area contributed by atoms with Gasteiger partial charge in [-0.1, -0.05) is 24.3 Å². The van der Waals surface area contributed by atoms with Crippen LogP contribution in [0, 0.1) is 0 Å². The SMILES string of the molecule is O=C1C(=O)c2ccccc2C2=C1SCC(CCS(=O)(=O)O)O2. The zero-order valence-corrected chi connectivity index (χ0v) is 12.9. The first-order chi connectivity index (χ1) is 10.4. The minimum atomic E-state index is -4.06. The Labute approximate surface area is 131 Å². The summed E-state index contributed by atoms with van der Waals surface area (Å²) in [4.78, 5) is 24.4. The van der Waals surface area contributed by atoms with Crippen LogP contribution in [0.1, 0.15) is 22.3 Å². The molecule has 0 saturated carbocycles. The molecule has 22 heavy (non-hydrogen) atoms. The van der Waals surface area contributed by atoms with Gasteiger partial charge in [-0.3, -0.25) is 14.1 Å². The molecule has 116 valence electrons. The van der Waals surface area contributed by atoms with Crippen molar-refractivity contribution in [2.75, 3.05) is 11.5 Å². The molecule has 1 aromatic rings. The van der Waals surface area contributed by atoms with Crippen LogP contribution in [-0.2, 0) is 19.6 Å². The maximum atomic E-state index is 12.1. The first kappa shape index (κ1) is 15.3. The summed E-state index contributed by atoms with van der Waals surface area (Å²) in [5, 5.41) is 0. The van der Waals surface area contributed by atoms with Crippen LogP contribution in [0.2, 0.25) is 0 Å². The molecule has 1 aromatic carbocycles. The highest BCUT2D eigenvalue weighted by Crippen LogP contribution is 2.41. The number of allylic oxidation sites excluding steroid dienone is 1. The average Bonchev–Trinajstić information content (AvgIpc) is 2.50. The largest absolute Gasteiger partial charge is 0.488 e. The summed E-state index contributed by atoms with van der Waals surface area (Å²) in [5.41, 5.74) is 0.841. The van der Waals surface area contributed by atoms with Crippen LogP contribution in [0.15, 0.2) is 29.2 Å². The lowest BCUT2D eigenvalue weighted by Gasteiger charge is -2.30. The van der Waals surface area contributed by atoms with Crippen LogP contribution < -0.4 is 0 Å². The highest BCUT2D eigenvalue weighted by Gasteiger charge is 2.38. The van der Waals surface area contributed by atoms with Crippen LogP contribution in [0.4, 0.5) is 0 Å². The highest BCUT2D eigenvalue weighted by atomic mass is 32.2. The Balaban J connectivity index is 1.91. The van der Waals surface area contributed by atoms with Crippen LogP contribution in [-0.4, -0.2) is 42.1 Å². The average molecular weight is 340 g/mol. The molecule has 1 unspecified atom stereocenters. The number of ketones is 2. The molecule has 0 fully saturated rings. The van der Waals surface area contributed by atoms with E-state index in [0.29, 0.717) is 22.6 Å². The lowest BCUT2D eigenvalue weighted by atomic mass is 9.93. The summed E-state index contributed by atoms with van der Waals surface area (Å²) >= 11 is 1.19. The number of ether oxygens (including phenoxy) is 1. The molecule has 0 amide bonds. The quantitative estimate of drug-likeness (QED) is 0.658. The maximum absolute atomic E-state index is 12.1. The normalized spacial score (nSPS) is 21.2. The second-order valence-corrected chi connectivity index (χ2v) is 7.59. The third-order valence-electron chi connectivity index (χ3n) is 3.43. The summed E-state index contributed by atoms with van der Waals surface area (Å²) in [6, 6.07) is 6.67. The third-order valence-corrected chi connectivity index (χ3v) is 5.38. The second kappa shape index (κ2) is 5.53. The van der Waals surface area contributed by atoms with Crippen LogP contribution in [0.25, 0.3) is 5.76 Å². The Hall–Kier alpha value is -1.64. The molecule has 1 aliphatic heterocycles. The van der Waals surface area contributed by atoms with Crippen LogP contribution in [0.3, 0.4) is 0 Å². The number of thioether (sulfide) groups is 1. The van der Waals surface area contributed by atoms with Crippen molar-refractivity contribution in [2.24, 2.45) is 0 Å². The van der Waals surface area contributed by atoms with Gasteiger partial charge < -0.3 is 4.74 Å². The molecule has 1 atom stereocenters. The van der Waals surface area contributed by atoms with Crippen molar-refractivity contribution < 1.29 is 27.3 Å². The molecule has 0 spiro atoms. The van der Waals surface area contributed by atoms with Crippen molar-refractivity contribution in [1.29, 1.82) is 0 Å². The lowest BCUT2D eigenvalue weighted by Crippen LogP contribution is -2.30. The van der Waals surface area contributed by atoms with E-state index in [0.717, 1.165) is 0 Å². The number of carbonyl (C=O) groups is 2. The number of hydrogen-bond acceptors (Lipinski definition) is 6. The van der Waals surface area contributed by atoms with Gasteiger partial charge in [0.25, 0.3) is 10.1 Å². The first-order valence-electron chi connectivity index (χ1n) is 6.54. The molecule has 1 N–H and O–H groups in total. The van der Waals surface area contributed by atoms with E-state index in [1.165, 1.54) is 11.8 Å². The zero-order chi connectivity index (χ0) is 15.9. The number of Topliss-reactive ketones (excluding diaryl/α,β-unsaturated/α-hetero) is 2. The Morgan fingerprint density at radius 3 is 2.55 bits per heavy atom. The topological polar surface area (TPSA) is 97.7 Å². The summed E-state index contributed by atoms with van der Waals surface area (Å²) in [6.07, 6.45) is -0.327. The molecule has 3 rings (SSSR count). The zero-order valence-electron chi connectivity index (χ0n) is 11.3. The van der Waals surface area contributed by atoms with Gasteiger partial charge in [-0.2, -0.15) is 8.42 Å². The van der Waals surface area contributed by atoms with E-state index in [9.17, 15) is 18.0 Å². The van der Waals surface area contributed by atoms with E-state index in [1.807, 2.05) is 0 Å². The minimum Gasteiger partial charge on any atom is -0.488 e. The van der Waals surface area contributed by atoms with E-state index < -0.39 is 33.5 Å². The molecular weight excluding hydrogens is 328 g/mol. The van der Waals surface area contributed by atoms with Crippen LogP contribution in [0.5, 0.6) is 0 Å². The standard InChI is InChI=1S/C14H12O6S2/c15-11-9-3-1-2-4-10(9)13-14(12(11)16)21-7-8(20-13)5-6-22(17,18)19/h1-4,8H,5-7H2,(H,17,18,19). The van der Waals surface area contributed by atoms with Gasteiger partial charge in [-0.25, -0.2) is 0 Å². The molecule has 2 aliphatic rings. The van der Waals surface area contributed by atoms with Gasteiger partial charge in [0.1, 0.15) is 16.8 Å². The first-order valence-corrected chi connectivity index (χ1v) is 9.13. The minimum absolute atomic E-state index is 0.118. The Bertz CT molecular complexity index is 793. The lowest BCUT2D eigenvalue weighted by molar-refractivity contribution is -0.111. The van der Waals surface area contributed by atoms with Gasteiger partial charge in [-0.05, 0) is 0 Å². The molecular formula is C14H12O6S2. The molecule has 0 radical (unpaired) electrons. The number of hydrogen-bond donors (Lipinski definition) is 1. The fourth-order valence-corrected chi connectivity index (χ4v) is 4.04. The highest BCUT2D eigenvalue weighted by molar-refractivity contribution is 8.04. The second-order valence-electron chi connectivity index (χ2n) is 4.99. The van der Waals surface area contributed by atoms with Gasteiger partial charge in [0.05, 0.1) is 5.75 Å². The van der Waals surface area contributed by atoms with Gasteiger partial charge in [0, 0.05) is 23.3 Å². The van der Waals surface area contributed by atoms with Crippen molar-refractivity contribution in [3.05, 3.63) is 40.3 Å². The summed E-state index contributed by atoms with van der Waals surface area (Å²) in [5.74, 6) is -0.865. The predicted molar refractivity (Wildman–Crippen MR) is 81.1 cm³/mol. The molecule has 1 heterocycles. The van der Waals surface area contributed by atoms with E-state index in [-0.39, 0.29) is 11.3 Å². The van der Waals surface area contributed by atoms with E-state index in [2.05, 4.69) is 0 Å². The molecule has 8 heteroatoms. The Morgan fingerprint density at radius 2 is 1.86 bits per heavy atom. The van der Waals surface area contributed by atoms with Crippen molar-refractivity contribution in [3.63, 3.8) is 0 Å². The molecule has 0 bridgehead atoms. The third kappa shape index (κ3) is 2.81. The van der Waals surface area contributed by atoms with Crippen molar-refractivity contribution in [3.8, 4) is 0 Å². The van der Waals surface area contributed by atoms with Gasteiger partial charge in [0.2, 0.25) is 11.6 Å². The van der Waals surface area contributed by atoms with Gasteiger partial charge in [-0.15, -0.1) is 11.8 Å². The Kier molecular flexibility index (Phi) is 3.84. The van der Waals surface area contributed by atoms with Crippen molar-refractivity contribution in [2.45, 2.75) is 12.5 Å². The fraction of sp³-hybridized carbons (Fsp3) is 0.286. The van der Waals surface area contributed by atoms with E-state index in [4.69, 9.17) is 9.29 Å². The fourth-order valence-electron chi connectivity index (χ4n) is 2.38. The van der Waals surface area contributed by atoms with Crippen molar-refractivity contribution >= 4 is 39.2 Å². The van der Waals surface area contributed by atoms with Crippen LogP contribution >= 0.6 is 11.8 Å². The van der Waals surface area contributed by atoms with Gasteiger partial charge in [0.15, 0.2) is 0 Å². The summed E-state index contributed by atoms with van der Waals surface area (Å²) in [6.45, 7) is 0. The molecule has 0 aromatic heterocycles. The van der Waals surface area contributed by atoms with E-state index >= 15 is 0 Å². The number of rotatable bonds is 3. The summed E-state index contributed by atoms with van der Waals surface area (Å²) in [7, 11) is -4.06. The predicted octanol–water partition coefficient (Wildman–Crippen LogP) is 1.53. The number of benzene rings is 1. The van der Waals surface area contributed by atoms with E-state index in [1.54, 1.807) is 24.3 Å². The summed E-state index contributed by atoms with van der Waals surface area (Å²) < 4.78 is 36.2. The molecule has 0 saturated heterocycles. The molecule has 1 aliphatic carbocycles. The number of fused-ring (bicyclic) bond motifs is 2. The Morgan fingerprint density at radius 1 is 1.18 bits per heavy atom. The molecule has 6 nitrogen and oxygen atoms in total. The monoisotopic (exact) mass is 340 g/mol. The smallest absolute Gasteiger partial charge is 0.264 e. The maximum Gasteiger partial charge on any atom is 0.264 e.